The summed E-state index contributed by atoms with van der Waals surface area (Å²) in [6.07, 6.45) is 1.22. The van der Waals surface area contributed by atoms with Gasteiger partial charge in [0.1, 0.15) is 18.1 Å². The number of benzene rings is 2. The van der Waals surface area contributed by atoms with Gasteiger partial charge in [-0.3, -0.25) is 9.59 Å². The van der Waals surface area contributed by atoms with Crippen LogP contribution in [0.2, 0.25) is 0 Å². The fraction of sp³-hybridized carbons (Fsp3) is 0.348. The topological polar surface area (TPSA) is 77.9 Å². The standard InChI is InChI=1S/C23H24N2O4/c1-15-21(26)24-14-18-10-6-5-9-17(18)13-20(24)22(27)25(15)19(23(28)29)12-11-16-7-3-2-4-8-16/h2-10,15,19-20H,11-14H2,1H3,(H,28,29). The average Bonchev–Trinajstić information content (AvgIpc) is 2.74. The highest BCUT2D eigenvalue weighted by Gasteiger charge is 2.49. The molecule has 150 valence electrons. The minimum Gasteiger partial charge on any atom is -0.480 e. The lowest BCUT2D eigenvalue weighted by Crippen LogP contribution is -2.68. The lowest BCUT2D eigenvalue weighted by molar-refractivity contribution is -0.170. The third-order valence-electron chi connectivity index (χ3n) is 6.02. The van der Waals surface area contributed by atoms with E-state index in [1.54, 1.807) is 11.8 Å². The van der Waals surface area contributed by atoms with Crippen LogP contribution in [0, 0.1) is 0 Å². The highest BCUT2D eigenvalue weighted by atomic mass is 16.4. The van der Waals surface area contributed by atoms with Crippen LogP contribution in [-0.2, 0) is 33.8 Å². The number of rotatable bonds is 5. The molecule has 0 radical (unpaired) electrons. The van der Waals surface area contributed by atoms with Gasteiger partial charge in [0, 0.05) is 13.0 Å². The molecule has 4 rings (SSSR count). The van der Waals surface area contributed by atoms with Crippen LogP contribution in [0.3, 0.4) is 0 Å². The van der Waals surface area contributed by atoms with Gasteiger partial charge >= 0.3 is 5.97 Å². The maximum absolute atomic E-state index is 13.4. The number of fused-ring (bicyclic) bond motifs is 2. The number of carboxylic acid groups (broad SMARTS) is 1. The van der Waals surface area contributed by atoms with Crippen LogP contribution in [0.15, 0.2) is 54.6 Å². The first-order valence-electron chi connectivity index (χ1n) is 9.93. The van der Waals surface area contributed by atoms with Gasteiger partial charge in [0.2, 0.25) is 11.8 Å². The van der Waals surface area contributed by atoms with Crippen LogP contribution in [0.25, 0.3) is 0 Å². The number of piperazine rings is 1. The Kier molecular flexibility index (Phi) is 5.09. The van der Waals surface area contributed by atoms with Crippen LogP contribution < -0.4 is 0 Å². The predicted octanol–water partition coefficient (Wildman–Crippen LogP) is 2.26. The summed E-state index contributed by atoms with van der Waals surface area (Å²) in [5, 5.41) is 9.86. The van der Waals surface area contributed by atoms with Gasteiger partial charge in [-0.15, -0.1) is 0 Å². The van der Waals surface area contributed by atoms with Crippen LogP contribution in [-0.4, -0.2) is 50.8 Å². The maximum Gasteiger partial charge on any atom is 0.326 e. The number of aryl methyl sites for hydroxylation is 1. The van der Waals surface area contributed by atoms with Crippen LogP contribution in [0.4, 0.5) is 0 Å². The zero-order valence-electron chi connectivity index (χ0n) is 16.3. The molecule has 1 N–H and O–H groups in total. The summed E-state index contributed by atoms with van der Waals surface area (Å²) in [7, 11) is 0. The number of hydrogen-bond acceptors (Lipinski definition) is 3. The van der Waals surface area contributed by atoms with E-state index in [9.17, 15) is 19.5 Å². The Morgan fingerprint density at radius 3 is 2.38 bits per heavy atom. The van der Waals surface area contributed by atoms with E-state index in [-0.39, 0.29) is 18.2 Å². The Morgan fingerprint density at radius 2 is 1.69 bits per heavy atom. The van der Waals surface area contributed by atoms with Gasteiger partial charge < -0.3 is 14.9 Å². The Hall–Kier alpha value is -3.15. The Morgan fingerprint density at radius 1 is 1.03 bits per heavy atom. The van der Waals surface area contributed by atoms with Crippen molar-refractivity contribution in [3.8, 4) is 0 Å². The molecule has 29 heavy (non-hydrogen) atoms. The van der Waals surface area contributed by atoms with E-state index in [2.05, 4.69) is 0 Å². The van der Waals surface area contributed by atoms with Crippen molar-refractivity contribution in [3.63, 3.8) is 0 Å². The second-order valence-electron chi connectivity index (χ2n) is 7.75. The molecule has 3 unspecified atom stereocenters. The normalized spacial score (nSPS) is 22.1. The van der Waals surface area contributed by atoms with E-state index < -0.39 is 24.1 Å². The van der Waals surface area contributed by atoms with E-state index in [1.807, 2.05) is 54.6 Å². The van der Waals surface area contributed by atoms with Gasteiger partial charge in [-0.05, 0) is 36.5 Å². The molecule has 0 saturated carbocycles. The van der Waals surface area contributed by atoms with Gasteiger partial charge in [-0.25, -0.2) is 4.79 Å². The van der Waals surface area contributed by atoms with Gasteiger partial charge in [-0.1, -0.05) is 54.6 Å². The molecule has 6 heteroatoms. The summed E-state index contributed by atoms with van der Waals surface area (Å²) in [5.74, 6) is -1.53. The van der Waals surface area contributed by atoms with E-state index in [0.29, 0.717) is 19.4 Å². The molecule has 0 aliphatic carbocycles. The average molecular weight is 392 g/mol. The minimum absolute atomic E-state index is 0.185. The summed E-state index contributed by atoms with van der Waals surface area (Å²) in [6.45, 7) is 2.03. The first-order valence-corrected chi connectivity index (χ1v) is 9.93. The molecule has 2 aromatic rings. The molecule has 6 nitrogen and oxygen atoms in total. The molecule has 2 amide bonds. The fourth-order valence-electron chi connectivity index (χ4n) is 4.45. The molecule has 0 aromatic heterocycles. The molecule has 1 fully saturated rings. The van der Waals surface area contributed by atoms with Crippen molar-refractivity contribution in [1.82, 2.24) is 9.80 Å². The summed E-state index contributed by atoms with van der Waals surface area (Å²) < 4.78 is 0. The zero-order chi connectivity index (χ0) is 20.5. The van der Waals surface area contributed by atoms with Crippen molar-refractivity contribution in [2.24, 2.45) is 0 Å². The number of carboxylic acids is 1. The van der Waals surface area contributed by atoms with Crippen molar-refractivity contribution in [2.75, 3.05) is 0 Å². The Bertz CT molecular complexity index is 943. The maximum atomic E-state index is 13.4. The molecule has 2 aliphatic heterocycles. The molecular weight excluding hydrogens is 368 g/mol. The number of hydrogen-bond donors (Lipinski definition) is 1. The van der Waals surface area contributed by atoms with E-state index in [4.69, 9.17) is 0 Å². The van der Waals surface area contributed by atoms with Crippen LogP contribution in [0.5, 0.6) is 0 Å². The number of amides is 2. The van der Waals surface area contributed by atoms with Gasteiger partial charge in [0.15, 0.2) is 0 Å². The zero-order valence-corrected chi connectivity index (χ0v) is 16.3. The molecule has 2 heterocycles. The Balaban J connectivity index is 1.60. The summed E-state index contributed by atoms with van der Waals surface area (Å²) in [6, 6.07) is 14.9. The summed E-state index contributed by atoms with van der Waals surface area (Å²) in [5.41, 5.74) is 3.10. The molecule has 1 saturated heterocycles. The summed E-state index contributed by atoms with van der Waals surface area (Å²) >= 11 is 0. The SMILES string of the molecule is CC1C(=O)N2Cc3ccccc3CC2C(=O)N1C(CCc1ccccc1)C(=O)O. The first-order chi connectivity index (χ1) is 14.0. The second kappa shape index (κ2) is 7.70. The Labute approximate surface area is 169 Å². The third-order valence-corrected chi connectivity index (χ3v) is 6.02. The molecule has 3 atom stereocenters. The molecule has 2 aliphatic rings. The van der Waals surface area contributed by atoms with Crippen molar-refractivity contribution >= 4 is 17.8 Å². The third kappa shape index (κ3) is 3.50. The predicted molar refractivity (Wildman–Crippen MR) is 107 cm³/mol. The lowest BCUT2D eigenvalue weighted by atomic mass is 9.89. The van der Waals surface area contributed by atoms with Crippen LogP contribution in [0.1, 0.15) is 30.0 Å². The molecule has 0 bridgehead atoms. The minimum atomic E-state index is -1.07. The largest absolute Gasteiger partial charge is 0.480 e. The quantitative estimate of drug-likeness (QED) is 0.847. The summed E-state index contributed by atoms with van der Waals surface area (Å²) in [4.78, 5) is 41.4. The number of carbonyl (C=O) groups excluding carboxylic acids is 2. The van der Waals surface area contributed by atoms with E-state index >= 15 is 0 Å². The molecule has 0 spiro atoms. The van der Waals surface area contributed by atoms with E-state index in [1.165, 1.54) is 4.90 Å². The lowest BCUT2D eigenvalue weighted by Gasteiger charge is -2.48. The van der Waals surface area contributed by atoms with Crippen molar-refractivity contribution in [2.45, 2.75) is 50.9 Å². The van der Waals surface area contributed by atoms with Crippen molar-refractivity contribution < 1.29 is 19.5 Å². The van der Waals surface area contributed by atoms with Gasteiger partial charge in [0.25, 0.3) is 0 Å². The number of nitrogens with zero attached hydrogens (tertiary/aromatic N) is 2. The molecular formula is C23H24N2O4. The van der Waals surface area contributed by atoms with Gasteiger partial charge in [-0.2, -0.15) is 0 Å². The van der Waals surface area contributed by atoms with Crippen LogP contribution >= 0.6 is 0 Å². The number of carbonyl (C=O) groups is 3. The highest BCUT2D eigenvalue weighted by molar-refractivity contribution is 5.99. The van der Waals surface area contributed by atoms with Gasteiger partial charge in [0.05, 0.1) is 0 Å². The van der Waals surface area contributed by atoms with E-state index in [0.717, 1.165) is 16.7 Å². The van der Waals surface area contributed by atoms with Crippen molar-refractivity contribution in [1.29, 1.82) is 0 Å². The second-order valence-corrected chi connectivity index (χ2v) is 7.75. The monoisotopic (exact) mass is 392 g/mol. The fourth-order valence-corrected chi connectivity index (χ4v) is 4.45. The first kappa shape index (κ1) is 19.2. The highest BCUT2D eigenvalue weighted by Crippen LogP contribution is 2.31. The number of aliphatic carboxylic acids is 1. The smallest absolute Gasteiger partial charge is 0.326 e. The van der Waals surface area contributed by atoms with Crippen molar-refractivity contribution in [3.05, 3.63) is 71.3 Å². The molecule has 2 aromatic carbocycles.